The molecule has 0 bridgehead atoms. The zero-order valence-corrected chi connectivity index (χ0v) is 13.1. The first-order valence-corrected chi connectivity index (χ1v) is 7.22. The maximum atomic E-state index is 13.5. The van der Waals surface area contributed by atoms with Crippen LogP contribution in [0.3, 0.4) is 0 Å². The summed E-state index contributed by atoms with van der Waals surface area (Å²) in [5.41, 5.74) is 0.485. The Labute approximate surface area is 129 Å². The van der Waals surface area contributed by atoms with Crippen molar-refractivity contribution in [3.63, 3.8) is 0 Å². The minimum absolute atomic E-state index is 0.0349. The first kappa shape index (κ1) is 16.7. The number of carboxylic acid groups (broad SMARTS) is 1. The SMILES string of the molecule is COc1ccc(F)cc1CN1CC(CC(=O)O)OCC1(C)C. The third-order valence-corrected chi connectivity index (χ3v) is 3.96. The molecule has 122 valence electrons. The lowest BCUT2D eigenvalue weighted by molar-refractivity contribution is -0.147. The van der Waals surface area contributed by atoms with Crippen molar-refractivity contribution in [1.82, 2.24) is 4.90 Å². The number of benzene rings is 1. The Hall–Kier alpha value is -1.66. The van der Waals surface area contributed by atoms with E-state index in [2.05, 4.69) is 4.90 Å². The van der Waals surface area contributed by atoms with Gasteiger partial charge < -0.3 is 14.6 Å². The van der Waals surface area contributed by atoms with Gasteiger partial charge in [0.05, 0.1) is 26.2 Å². The quantitative estimate of drug-likeness (QED) is 0.904. The van der Waals surface area contributed by atoms with Gasteiger partial charge in [0.15, 0.2) is 0 Å². The molecule has 1 saturated heterocycles. The summed E-state index contributed by atoms with van der Waals surface area (Å²) in [6.45, 7) is 5.44. The highest BCUT2D eigenvalue weighted by Gasteiger charge is 2.36. The number of ether oxygens (including phenoxy) is 2. The largest absolute Gasteiger partial charge is 0.496 e. The lowest BCUT2D eigenvalue weighted by atomic mass is 9.98. The molecular weight excluding hydrogens is 289 g/mol. The van der Waals surface area contributed by atoms with Crippen molar-refractivity contribution in [3.8, 4) is 5.75 Å². The topological polar surface area (TPSA) is 59.0 Å². The lowest BCUT2D eigenvalue weighted by Crippen LogP contribution is -2.55. The smallest absolute Gasteiger partial charge is 0.306 e. The van der Waals surface area contributed by atoms with Crippen molar-refractivity contribution < 1.29 is 23.8 Å². The molecule has 1 N–H and O–H groups in total. The standard InChI is InChI=1S/C16H22FNO4/c1-16(2)10-22-13(7-15(19)20)9-18(16)8-11-6-12(17)4-5-14(11)21-3/h4-6,13H,7-10H2,1-3H3,(H,19,20). The van der Waals surface area contributed by atoms with Gasteiger partial charge in [0.25, 0.3) is 0 Å². The Bertz CT molecular complexity index is 547. The molecule has 1 unspecified atom stereocenters. The van der Waals surface area contributed by atoms with E-state index in [0.717, 1.165) is 5.56 Å². The van der Waals surface area contributed by atoms with Gasteiger partial charge in [0.2, 0.25) is 0 Å². The maximum absolute atomic E-state index is 13.5. The van der Waals surface area contributed by atoms with E-state index in [9.17, 15) is 9.18 Å². The fourth-order valence-electron chi connectivity index (χ4n) is 2.63. The molecule has 0 aromatic heterocycles. The van der Waals surface area contributed by atoms with Crippen LogP contribution in [0.2, 0.25) is 0 Å². The molecule has 5 nitrogen and oxygen atoms in total. The predicted molar refractivity (Wildman–Crippen MR) is 79.4 cm³/mol. The summed E-state index contributed by atoms with van der Waals surface area (Å²) >= 11 is 0. The van der Waals surface area contributed by atoms with Crippen LogP contribution in [0.5, 0.6) is 5.75 Å². The van der Waals surface area contributed by atoms with E-state index in [1.165, 1.54) is 12.1 Å². The normalized spacial score (nSPS) is 21.5. The molecule has 6 heteroatoms. The van der Waals surface area contributed by atoms with Gasteiger partial charge in [0, 0.05) is 24.2 Å². The molecule has 1 heterocycles. The molecule has 1 fully saturated rings. The van der Waals surface area contributed by atoms with Crippen molar-refractivity contribution in [2.75, 3.05) is 20.3 Å². The van der Waals surface area contributed by atoms with Gasteiger partial charge in [-0.05, 0) is 32.0 Å². The van der Waals surface area contributed by atoms with Crippen molar-refractivity contribution >= 4 is 5.97 Å². The van der Waals surface area contributed by atoms with Crippen LogP contribution in [0.1, 0.15) is 25.8 Å². The number of hydrogen-bond donors (Lipinski definition) is 1. The van der Waals surface area contributed by atoms with Crippen LogP contribution < -0.4 is 4.74 Å². The Kier molecular flexibility index (Phi) is 5.03. The molecule has 0 aliphatic carbocycles. The van der Waals surface area contributed by atoms with Crippen molar-refractivity contribution in [2.45, 2.75) is 38.5 Å². The highest BCUT2D eigenvalue weighted by molar-refractivity contribution is 5.67. The molecule has 1 atom stereocenters. The third-order valence-electron chi connectivity index (χ3n) is 3.96. The van der Waals surface area contributed by atoms with Crippen LogP contribution in [-0.2, 0) is 16.1 Å². The molecule has 2 rings (SSSR count). The zero-order chi connectivity index (χ0) is 16.3. The highest BCUT2D eigenvalue weighted by atomic mass is 19.1. The van der Waals surface area contributed by atoms with Crippen LogP contribution >= 0.6 is 0 Å². The fraction of sp³-hybridized carbons (Fsp3) is 0.562. The van der Waals surface area contributed by atoms with E-state index >= 15 is 0 Å². The number of halogens is 1. The summed E-state index contributed by atoms with van der Waals surface area (Å²) in [7, 11) is 1.55. The van der Waals surface area contributed by atoms with Crippen LogP contribution in [0.15, 0.2) is 18.2 Å². The molecule has 1 aliphatic rings. The molecule has 0 amide bonds. The van der Waals surface area contributed by atoms with Gasteiger partial charge in [-0.1, -0.05) is 0 Å². The van der Waals surface area contributed by atoms with E-state index in [1.807, 2.05) is 13.8 Å². The average molecular weight is 311 g/mol. The number of rotatable bonds is 5. The number of hydrogen-bond acceptors (Lipinski definition) is 4. The van der Waals surface area contributed by atoms with Crippen LogP contribution in [0.4, 0.5) is 4.39 Å². The molecule has 1 aromatic carbocycles. The Morgan fingerprint density at radius 1 is 1.55 bits per heavy atom. The van der Waals surface area contributed by atoms with E-state index in [-0.39, 0.29) is 23.9 Å². The number of nitrogens with zero attached hydrogens (tertiary/aromatic N) is 1. The van der Waals surface area contributed by atoms with Gasteiger partial charge in [-0.15, -0.1) is 0 Å². The van der Waals surface area contributed by atoms with Gasteiger partial charge in [-0.2, -0.15) is 0 Å². The molecule has 0 spiro atoms. The second-order valence-corrected chi connectivity index (χ2v) is 6.18. The summed E-state index contributed by atoms with van der Waals surface area (Å²) in [5.74, 6) is -0.574. The Morgan fingerprint density at radius 3 is 2.91 bits per heavy atom. The molecule has 0 saturated carbocycles. The van der Waals surface area contributed by atoms with Crippen LogP contribution in [-0.4, -0.2) is 47.9 Å². The minimum Gasteiger partial charge on any atom is -0.496 e. The first-order valence-electron chi connectivity index (χ1n) is 7.22. The van der Waals surface area contributed by atoms with Crippen molar-refractivity contribution in [1.29, 1.82) is 0 Å². The van der Waals surface area contributed by atoms with Gasteiger partial charge in [0.1, 0.15) is 11.6 Å². The lowest BCUT2D eigenvalue weighted by Gasteiger charge is -2.45. The molecule has 22 heavy (non-hydrogen) atoms. The highest BCUT2D eigenvalue weighted by Crippen LogP contribution is 2.28. The van der Waals surface area contributed by atoms with Gasteiger partial charge in [-0.3, -0.25) is 9.69 Å². The van der Waals surface area contributed by atoms with Crippen molar-refractivity contribution in [2.24, 2.45) is 0 Å². The number of morpholine rings is 1. The van der Waals surface area contributed by atoms with Crippen molar-refractivity contribution in [3.05, 3.63) is 29.6 Å². The zero-order valence-electron chi connectivity index (χ0n) is 13.1. The Morgan fingerprint density at radius 2 is 2.27 bits per heavy atom. The van der Waals surface area contributed by atoms with E-state index in [4.69, 9.17) is 14.6 Å². The van der Waals surface area contributed by atoms with E-state index in [0.29, 0.717) is 25.4 Å². The third kappa shape index (κ3) is 3.96. The Balaban J connectivity index is 2.17. The molecule has 1 aliphatic heterocycles. The number of carboxylic acids is 1. The summed E-state index contributed by atoms with van der Waals surface area (Å²) in [4.78, 5) is 13.0. The predicted octanol–water partition coefficient (Wildman–Crippen LogP) is 2.29. The van der Waals surface area contributed by atoms with Crippen LogP contribution in [0, 0.1) is 5.82 Å². The molecule has 0 radical (unpaired) electrons. The van der Waals surface area contributed by atoms with E-state index < -0.39 is 5.97 Å². The summed E-state index contributed by atoms with van der Waals surface area (Å²) in [6, 6.07) is 4.42. The summed E-state index contributed by atoms with van der Waals surface area (Å²) in [6.07, 6.45) is -0.391. The first-order chi connectivity index (χ1) is 10.3. The van der Waals surface area contributed by atoms with E-state index in [1.54, 1.807) is 13.2 Å². The fourth-order valence-corrected chi connectivity index (χ4v) is 2.63. The molecular formula is C16H22FNO4. The van der Waals surface area contributed by atoms with Gasteiger partial charge in [-0.25, -0.2) is 4.39 Å². The average Bonchev–Trinajstić information content (AvgIpc) is 2.42. The number of aliphatic carboxylic acids is 1. The second-order valence-electron chi connectivity index (χ2n) is 6.18. The summed E-state index contributed by atoms with van der Waals surface area (Å²) in [5, 5.41) is 8.92. The van der Waals surface area contributed by atoms with Gasteiger partial charge >= 0.3 is 5.97 Å². The minimum atomic E-state index is -0.881. The molecule has 1 aromatic rings. The number of methoxy groups -OCH3 is 1. The second kappa shape index (κ2) is 6.62. The number of carbonyl (C=O) groups is 1. The van der Waals surface area contributed by atoms with Crippen LogP contribution in [0.25, 0.3) is 0 Å². The maximum Gasteiger partial charge on any atom is 0.306 e. The summed E-state index contributed by atoms with van der Waals surface area (Å²) < 4.78 is 24.4. The monoisotopic (exact) mass is 311 g/mol.